The third-order valence-electron chi connectivity index (χ3n) is 14.8. The summed E-state index contributed by atoms with van der Waals surface area (Å²) in [6.45, 7) is 7.44. The second-order valence-corrected chi connectivity index (χ2v) is 17.2. The van der Waals surface area contributed by atoms with Gasteiger partial charge in [-0.05, 0) is 104 Å². The third kappa shape index (κ3) is 5.36. The molecule has 0 aliphatic heterocycles. The Labute approximate surface area is 314 Å². The normalized spacial score (nSPS) is 35.1. The molecule has 0 saturated heterocycles. The van der Waals surface area contributed by atoms with E-state index in [9.17, 15) is 15.0 Å². The highest BCUT2D eigenvalue weighted by Gasteiger charge is 2.74. The number of hydrogen-bond donors (Lipinski definition) is 3. The van der Waals surface area contributed by atoms with Crippen LogP contribution < -0.4 is 10.1 Å². The van der Waals surface area contributed by atoms with Crippen LogP contribution in [0, 0.1) is 33.5 Å². The van der Waals surface area contributed by atoms with Crippen LogP contribution in [0.3, 0.4) is 0 Å². The van der Waals surface area contributed by atoms with Crippen molar-refractivity contribution in [2.75, 3.05) is 25.5 Å². The number of hydrogen-bond acceptors (Lipinski definition) is 5. The molecule has 9 rings (SSSR count). The van der Waals surface area contributed by atoms with E-state index < -0.39 is 27.9 Å². The third-order valence-corrected chi connectivity index (χ3v) is 14.8. The molecule has 2 bridgehead atoms. The fourth-order valence-electron chi connectivity index (χ4n) is 11.9. The number of amides is 2. The average molecular weight is 715 g/mol. The Balaban J connectivity index is 1.15. The number of ether oxygens (including phenoxy) is 1. The van der Waals surface area contributed by atoms with E-state index >= 15 is 4.79 Å². The van der Waals surface area contributed by atoms with Crippen LogP contribution in [0.5, 0.6) is 5.75 Å². The molecule has 8 unspecified atom stereocenters. The van der Waals surface area contributed by atoms with Gasteiger partial charge in [0.25, 0.3) is 0 Å². The molecule has 3 aromatic rings. The van der Waals surface area contributed by atoms with E-state index in [0.29, 0.717) is 36.4 Å². The van der Waals surface area contributed by atoms with Gasteiger partial charge in [-0.15, -0.1) is 0 Å². The van der Waals surface area contributed by atoms with Crippen LogP contribution in [-0.2, 0) is 0 Å². The number of rotatable bonds is 9. The number of benzene rings is 3. The minimum atomic E-state index is -1.14. The van der Waals surface area contributed by atoms with Crippen molar-refractivity contribution in [2.45, 2.75) is 83.8 Å². The van der Waals surface area contributed by atoms with Gasteiger partial charge in [0.05, 0.1) is 25.4 Å². The number of carbonyl (C=O) groups excluding carboxylic acids is 2. The Kier molecular flexibility index (Phi) is 8.77. The molecule has 0 radical (unpaired) electrons. The number of Topliss-reactive ketones (excluding diaryl/α,β-unsaturated/α-hetero) is 1. The van der Waals surface area contributed by atoms with E-state index in [0.717, 1.165) is 55.2 Å². The second kappa shape index (κ2) is 13.0. The van der Waals surface area contributed by atoms with E-state index in [2.05, 4.69) is 56.4 Å². The van der Waals surface area contributed by atoms with Gasteiger partial charge >= 0.3 is 6.03 Å². The SMILES string of the molecule is CCCN(CC1(O)CCC2C34C=CC5(C=C3C(=O)c3ccc(-c6ccccc6)cc3)CC(O)CCC5(C)C4CCC21C)C(=O)Nc1ccc(OC)cc1. The highest BCUT2D eigenvalue weighted by atomic mass is 16.5. The summed E-state index contributed by atoms with van der Waals surface area (Å²) in [4.78, 5) is 30.7. The number of methoxy groups -OCH3 is 1. The zero-order valence-corrected chi connectivity index (χ0v) is 31.6. The van der Waals surface area contributed by atoms with Crippen LogP contribution in [-0.4, -0.2) is 58.8 Å². The number of aliphatic hydroxyl groups is 2. The molecule has 3 fully saturated rings. The minimum absolute atomic E-state index is 0.00360. The smallest absolute Gasteiger partial charge is 0.321 e. The summed E-state index contributed by atoms with van der Waals surface area (Å²) in [5, 5.41) is 27.1. The van der Waals surface area contributed by atoms with Gasteiger partial charge in [0.1, 0.15) is 5.75 Å². The van der Waals surface area contributed by atoms with Crippen LogP contribution >= 0.6 is 0 Å². The Morgan fingerprint density at radius 1 is 0.849 bits per heavy atom. The van der Waals surface area contributed by atoms with Crippen molar-refractivity contribution in [1.29, 1.82) is 0 Å². The summed E-state index contributed by atoms with van der Waals surface area (Å²) in [6, 6.07) is 25.3. The number of nitrogens with zero attached hydrogens (tertiary/aromatic N) is 1. The van der Waals surface area contributed by atoms with Crippen molar-refractivity contribution >= 4 is 17.5 Å². The molecule has 3 aromatic carbocycles. The standard InChI is InChI=1S/C46H54N2O5/c1-5-27-48(41(51)47-34-15-17-36(53-4)18-16-34)30-45(52)24-21-39-43(45,3)23-20-38-42(2)22-19-35(49)28-44(42)25-26-46(38,39)37(29-44)40(50)33-13-11-32(12-14-33)31-9-7-6-8-10-31/h6-18,25-26,29,35,38-39,49,52H,5,19-24,27-28,30H2,1-4H3,(H,47,51). The summed E-state index contributed by atoms with van der Waals surface area (Å²) in [7, 11) is 1.62. The number of urea groups is 1. The fraction of sp³-hybridized carbons (Fsp3) is 0.478. The lowest BCUT2D eigenvalue weighted by molar-refractivity contribution is -0.174. The lowest BCUT2D eigenvalue weighted by Gasteiger charge is -2.71. The number of fused-ring (bicyclic) bond motifs is 1. The van der Waals surface area contributed by atoms with Crippen molar-refractivity contribution in [3.05, 3.63) is 108 Å². The molecule has 0 aromatic heterocycles. The molecule has 6 aliphatic rings. The molecule has 278 valence electrons. The highest BCUT2D eigenvalue weighted by Crippen LogP contribution is 2.78. The van der Waals surface area contributed by atoms with E-state index in [1.165, 1.54) is 0 Å². The summed E-state index contributed by atoms with van der Waals surface area (Å²) in [6.07, 6.45) is 12.6. The molecule has 6 aliphatic carbocycles. The number of ketones is 1. The summed E-state index contributed by atoms with van der Waals surface area (Å²) in [5.41, 5.74) is 1.60. The molecular formula is C46H54N2O5. The Morgan fingerprint density at radius 2 is 1.51 bits per heavy atom. The molecule has 8 atom stereocenters. The highest BCUT2D eigenvalue weighted by molar-refractivity contribution is 6.10. The van der Waals surface area contributed by atoms with Crippen LogP contribution in [0.15, 0.2) is 103 Å². The maximum atomic E-state index is 15.1. The number of nitrogens with one attached hydrogen (secondary N) is 1. The number of allylic oxidation sites excluding steroid dienone is 4. The molecule has 3 saturated carbocycles. The molecular weight excluding hydrogens is 661 g/mol. The monoisotopic (exact) mass is 714 g/mol. The van der Waals surface area contributed by atoms with Crippen molar-refractivity contribution in [3.8, 4) is 16.9 Å². The van der Waals surface area contributed by atoms with Crippen molar-refractivity contribution in [1.82, 2.24) is 4.90 Å². The molecule has 2 spiro atoms. The first-order chi connectivity index (χ1) is 25.4. The van der Waals surface area contributed by atoms with Gasteiger partial charge in [-0.25, -0.2) is 4.79 Å². The first-order valence-corrected chi connectivity index (χ1v) is 19.7. The average Bonchev–Trinajstić information content (AvgIpc) is 3.44. The molecule has 7 heteroatoms. The fourth-order valence-corrected chi connectivity index (χ4v) is 11.9. The number of carbonyl (C=O) groups is 2. The molecule has 3 N–H and O–H groups in total. The zero-order valence-electron chi connectivity index (χ0n) is 31.6. The van der Waals surface area contributed by atoms with Crippen LogP contribution in [0.2, 0.25) is 0 Å². The van der Waals surface area contributed by atoms with E-state index in [-0.39, 0.29) is 35.6 Å². The molecule has 7 nitrogen and oxygen atoms in total. The quantitative estimate of drug-likeness (QED) is 0.152. The van der Waals surface area contributed by atoms with Crippen molar-refractivity contribution in [2.24, 2.45) is 33.5 Å². The molecule has 0 heterocycles. The predicted octanol–water partition coefficient (Wildman–Crippen LogP) is 9.08. The van der Waals surface area contributed by atoms with Gasteiger partial charge < -0.3 is 25.2 Å². The molecule has 2 amide bonds. The van der Waals surface area contributed by atoms with Crippen LogP contribution in [0.1, 0.15) is 82.5 Å². The van der Waals surface area contributed by atoms with Crippen LogP contribution in [0.4, 0.5) is 10.5 Å². The van der Waals surface area contributed by atoms with Crippen molar-refractivity contribution < 1.29 is 24.5 Å². The van der Waals surface area contributed by atoms with Crippen LogP contribution in [0.25, 0.3) is 11.1 Å². The summed E-state index contributed by atoms with van der Waals surface area (Å²) in [5.74, 6) is 0.967. The summed E-state index contributed by atoms with van der Waals surface area (Å²) >= 11 is 0. The van der Waals surface area contributed by atoms with Gasteiger partial charge in [-0.3, -0.25) is 4.79 Å². The maximum absolute atomic E-state index is 15.1. The topological polar surface area (TPSA) is 99.1 Å². The van der Waals surface area contributed by atoms with Gasteiger partial charge in [0, 0.05) is 39.6 Å². The molecule has 53 heavy (non-hydrogen) atoms. The predicted molar refractivity (Wildman–Crippen MR) is 209 cm³/mol. The van der Waals surface area contributed by atoms with E-state index in [1.807, 2.05) is 66.7 Å². The number of anilines is 1. The van der Waals surface area contributed by atoms with Crippen molar-refractivity contribution in [3.63, 3.8) is 0 Å². The first-order valence-electron chi connectivity index (χ1n) is 19.7. The first kappa shape index (κ1) is 35.8. The van der Waals surface area contributed by atoms with E-state index in [1.54, 1.807) is 12.0 Å². The lowest BCUT2D eigenvalue weighted by atomic mass is 9.32. The lowest BCUT2D eigenvalue weighted by Crippen LogP contribution is -2.67. The Bertz CT molecular complexity index is 1940. The van der Waals surface area contributed by atoms with Gasteiger partial charge in [0.2, 0.25) is 0 Å². The maximum Gasteiger partial charge on any atom is 0.321 e. The number of aliphatic hydroxyl groups excluding tert-OH is 1. The van der Waals surface area contributed by atoms with Gasteiger partial charge in [-0.2, -0.15) is 0 Å². The summed E-state index contributed by atoms with van der Waals surface area (Å²) < 4.78 is 5.29. The second-order valence-electron chi connectivity index (χ2n) is 17.2. The largest absolute Gasteiger partial charge is 0.497 e. The van der Waals surface area contributed by atoms with Gasteiger partial charge in [0.15, 0.2) is 5.78 Å². The van der Waals surface area contributed by atoms with E-state index in [4.69, 9.17) is 4.74 Å². The van der Waals surface area contributed by atoms with Gasteiger partial charge in [-0.1, -0.05) is 93.6 Å². The Morgan fingerprint density at radius 3 is 2.21 bits per heavy atom. The zero-order chi connectivity index (χ0) is 37.2. The Hall–Kier alpha value is -4.20. The minimum Gasteiger partial charge on any atom is -0.497 e.